The molecule has 4 rings (SSSR count). The second-order valence-corrected chi connectivity index (χ2v) is 7.50. The van der Waals surface area contributed by atoms with Crippen LogP contribution < -0.4 is 24.8 Å². The molecule has 0 atom stereocenters. The van der Waals surface area contributed by atoms with E-state index in [-0.39, 0.29) is 51.0 Å². The van der Waals surface area contributed by atoms with Crippen LogP contribution in [0.5, 0.6) is 0 Å². The number of halogens is 2. The van der Waals surface area contributed by atoms with Crippen molar-refractivity contribution in [2.45, 2.75) is 54.9 Å². The molecule has 0 radical (unpaired) electrons. The van der Waals surface area contributed by atoms with E-state index in [9.17, 15) is 0 Å². The number of aryl methyl sites for hydroxylation is 2. The standard InChI is InChI=1S/C15H13.C10H15.2ClH.Zr/c1-10-3-5-14-12(7-10)9-13-8-11(2)4-6-15(13)14;1-6-7(2)9(4)10(5)8(6)3;;;/h3-7H,9H2,1-2H3;1-5H3;2*1H;/q2*-1;;;+4/p-2. The molecule has 0 amide bonds. The van der Waals surface area contributed by atoms with Gasteiger partial charge in [-0.15, -0.1) is 11.1 Å². The molecule has 0 bridgehead atoms. The van der Waals surface area contributed by atoms with Gasteiger partial charge in [-0.2, -0.15) is 51.6 Å². The fourth-order valence-corrected chi connectivity index (χ4v) is 3.78. The Balaban J connectivity index is 0.000000503. The summed E-state index contributed by atoms with van der Waals surface area (Å²) >= 11 is 0. The third kappa shape index (κ3) is 5.24. The Hall–Kier alpha value is -0.747. The van der Waals surface area contributed by atoms with Crippen LogP contribution in [0.25, 0.3) is 11.1 Å². The summed E-state index contributed by atoms with van der Waals surface area (Å²) in [7, 11) is 0. The van der Waals surface area contributed by atoms with E-state index in [4.69, 9.17) is 0 Å². The van der Waals surface area contributed by atoms with E-state index in [0.717, 1.165) is 6.42 Å². The maximum atomic E-state index is 3.45. The molecule has 0 aliphatic heterocycles. The van der Waals surface area contributed by atoms with Crippen molar-refractivity contribution in [1.29, 1.82) is 0 Å². The van der Waals surface area contributed by atoms with Gasteiger partial charge in [0.1, 0.15) is 0 Å². The Morgan fingerprint density at radius 1 is 0.786 bits per heavy atom. The van der Waals surface area contributed by atoms with Crippen molar-refractivity contribution in [2.24, 2.45) is 0 Å². The van der Waals surface area contributed by atoms with Crippen molar-refractivity contribution in [3.63, 3.8) is 0 Å². The quantitative estimate of drug-likeness (QED) is 0.317. The van der Waals surface area contributed by atoms with E-state index in [1.54, 1.807) is 0 Å². The Morgan fingerprint density at radius 2 is 1.32 bits per heavy atom. The van der Waals surface area contributed by atoms with Gasteiger partial charge in [-0.25, -0.2) is 0 Å². The largest absolute Gasteiger partial charge is 4.00 e. The minimum absolute atomic E-state index is 0. The second kappa shape index (κ2) is 10.9. The monoisotopic (exact) mass is 488 g/mol. The molecule has 1 aliphatic carbocycles. The van der Waals surface area contributed by atoms with Gasteiger partial charge in [0.25, 0.3) is 0 Å². The molecule has 3 aromatic rings. The molecule has 3 aromatic carbocycles. The first kappa shape index (κ1) is 27.3. The molecule has 0 fully saturated rings. The smallest absolute Gasteiger partial charge is 1.00 e. The molecule has 1 aliphatic rings. The molecule has 0 saturated carbocycles. The summed E-state index contributed by atoms with van der Waals surface area (Å²) in [5.41, 5.74) is 15.5. The van der Waals surface area contributed by atoms with Crippen LogP contribution in [0.15, 0.2) is 30.3 Å². The maximum Gasteiger partial charge on any atom is 4.00 e. The van der Waals surface area contributed by atoms with Crippen LogP contribution in [0, 0.1) is 54.5 Å². The zero-order chi connectivity index (χ0) is 18.3. The summed E-state index contributed by atoms with van der Waals surface area (Å²) in [4.78, 5) is 0. The topological polar surface area (TPSA) is 0 Å². The van der Waals surface area contributed by atoms with Gasteiger partial charge in [0.2, 0.25) is 0 Å². The number of hydrogen-bond donors (Lipinski definition) is 0. The van der Waals surface area contributed by atoms with E-state index in [1.165, 1.54) is 61.2 Å². The van der Waals surface area contributed by atoms with Crippen molar-refractivity contribution >= 4 is 0 Å². The Bertz CT molecular complexity index is 822. The van der Waals surface area contributed by atoms with Crippen molar-refractivity contribution < 1.29 is 51.0 Å². The molecule has 0 spiro atoms. The zero-order valence-corrected chi connectivity index (χ0v) is 21.8. The molecular weight excluding hydrogens is 462 g/mol. The molecule has 0 heterocycles. The number of rotatable bonds is 0. The molecule has 0 nitrogen and oxygen atoms in total. The predicted molar refractivity (Wildman–Crippen MR) is 109 cm³/mol. The van der Waals surface area contributed by atoms with Crippen molar-refractivity contribution in [3.8, 4) is 11.1 Å². The average molecular weight is 491 g/mol. The van der Waals surface area contributed by atoms with Crippen LogP contribution in [0.2, 0.25) is 0 Å². The van der Waals surface area contributed by atoms with Gasteiger partial charge < -0.3 is 24.8 Å². The van der Waals surface area contributed by atoms with Gasteiger partial charge in [-0.1, -0.05) is 70.9 Å². The fourth-order valence-electron chi connectivity index (χ4n) is 3.78. The molecule has 0 unspecified atom stereocenters. The van der Waals surface area contributed by atoms with Crippen LogP contribution in [-0.4, -0.2) is 0 Å². The zero-order valence-electron chi connectivity index (χ0n) is 17.8. The van der Waals surface area contributed by atoms with E-state index in [0.29, 0.717) is 0 Å². The molecule has 0 saturated heterocycles. The van der Waals surface area contributed by atoms with Gasteiger partial charge in [-0.3, -0.25) is 0 Å². The van der Waals surface area contributed by atoms with Gasteiger partial charge in [0.15, 0.2) is 0 Å². The van der Waals surface area contributed by atoms with Gasteiger partial charge in [0.05, 0.1) is 0 Å². The van der Waals surface area contributed by atoms with Crippen LogP contribution in [0.4, 0.5) is 0 Å². The number of benzene rings is 2. The van der Waals surface area contributed by atoms with Gasteiger partial charge in [-0.05, 0) is 18.9 Å². The molecule has 28 heavy (non-hydrogen) atoms. The molecule has 146 valence electrons. The van der Waals surface area contributed by atoms with Crippen molar-refractivity contribution in [2.75, 3.05) is 0 Å². The fraction of sp³-hybridized carbons (Fsp3) is 0.320. The Morgan fingerprint density at radius 3 is 1.82 bits per heavy atom. The first-order chi connectivity index (χ1) is 11.8. The molecule has 0 N–H and O–H groups in total. The van der Waals surface area contributed by atoms with Crippen LogP contribution in [0.3, 0.4) is 0 Å². The van der Waals surface area contributed by atoms with Gasteiger partial charge in [0, 0.05) is 0 Å². The third-order valence-corrected chi connectivity index (χ3v) is 5.90. The summed E-state index contributed by atoms with van der Waals surface area (Å²) in [5, 5.41) is 0. The van der Waals surface area contributed by atoms with E-state index >= 15 is 0 Å². The molecule has 0 aromatic heterocycles. The van der Waals surface area contributed by atoms with E-state index < -0.39 is 0 Å². The SMILES string of the molecule is Cc1[c-]c2c(cc1)-c1ccc(C)cc1C2.Cc1c(C)c(C)[c-](C)c1C.[Cl-].[Cl-].[Zr+4]. The molecule has 3 heteroatoms. The van der Waals surface area contributed by atoms with Crippen molar-refractivity contribution in [3.05, 3.63) is 86.5 Å². The summed E-state index contributed by atoms with van der Waals surface area (Å²) < 4.78 is 0. The van der Waals surface area contributed by atoms with Crippen LogP contribution in [-0.2, 0) is 32.6 Å². The average Bonchev–Trinajstić information content (AvgIpc) is 3.01. The summed E-state index contributed by atoms with van der Waals surface area (Å²) in [6.07, 6.45) is 1.05. The first-order valence-electron chi connectivity index (χ1n) is 9.11. The number of fused-ring (bicyclic) bond motifs is 3. The summed E-state index contributed by atoms with van der Waals surface area (Å²) in [6, 6.07) is 14.5. The second-order valence-electron chi connectivity index (χ2n) is 7.50. The van der Waals surface area contributed by atoms with Gasteiger partial charge >= 0.3 is 26.2 Å². The number of hydrogen-bond acceptors (Lipinski definition) is 0. The Labute approximate surface area is 202 Å². The Kier molecular flexibility index (Phi) is 10.6. The normalized spacial score (nSPS) is 10.4. The summed E-state index contributed by atoms with van der Waals surface area (Å²) in [5.74, 6) is 0. The third-order valence-electron chi connectivity index (χ3n) is 5.90. The van der Waals surface area contributed by atoms with Crippen LogP contribution in [0.1, 0.15) is 50.1 Å². The van der Waals surface area contributed by atoms with Crippen molar-refractivity contribution in [1.82, 2.24) is 0 Å². The maximum absolute atomic E-state index is 3.45. The molecular formula is C25H28Cl2Zr. The minimum Gasteiger partial charge on any atom is -1.00 e. The van der Waals surface area contributed by atoms with E-state index in [2.05, 4.69) is 84.9 Å². The minimum atomic E-state index is 0. The van der Waals surface area contributed by atoms with E-state index in [1.807, 2.05) is 0 Å². The first-order valence-corrected chi connectivity index (χ1v) is 9.11. The summed E-state index contributed by atoms with van der Waals surface area (Å²) in [6.45, 7) is 15.3. The predicted octanol–water partition coefficient (Wildman–Crippen LogP) is 0.628. The van der Waals surface area contributed by atoms with Crippen LogP contribution >= 0.6 is 0 Å².